The topological polar surface area (TPSA) is 40.5 Å². The molecule has 1 N–H and O–H groups in total. The summed E-state index contributed by atoms with van der Waals surface area (Å²) in [5.41, 5.74) is 0.964. The van der Waals surface area contributed by atoms with E-state index in [2.05, 4.69) is 0 Å². The highest BCUT2D eigenvalue weighted by Gasteiger charge is 2.16. The molecule has 3 nitrogen and oxygen atoms in total. The van der Waals surface area contributed by atoms with Gasteiger partial charge in [0.25, 0.3) is 0 Å². The second-order valence-corrected chi connectivity index (χ2v) is 5.12. The maximum absolute atomic E-state index is 10.9. The lowest BCUT2D eigenvalue weighted by atomic mass is 10.1. The highest BCUT2D eigenvalue weighted by atomic mass is 35.5. The van der Waals surface area contributed by atoms with Crippen LogP contribution in [0.25, 0.3) is 0 Å². The van der Waals surface area contributed by atoms with E-state index in [4.69, 9.17) is 28.3 Å². The van der Waals surface area contributed by atoms with E-state index in [9.17, 15) is 4.79 Å². The van der Waals surface area contributed by atoms with Crippen molar-refractivity contribution in [3.8, 4) is 0 Å². The molecule has 0 radical (unpaired) electrons. The van der Waals surface area contributed by atoms with E-state index >= 15 is 0 Å². The normalized spacial score (nSPS) is 12.7. The Kier molecular flexibility index (Phi) is 5.93. The molecule has 1 atom stereocenters. The highest BCUT2D eigenvalue weighted by molar-refractivity contribution is 6.42. The number of rotatable bonds is 6. The molecule has 1 aromatic carbocycles. The third-order valence-corrected chi connectivity index (χ3v) is 3.66. The SMILES string of the molecule is CCC(C)N(CC(=O)O)Cc1ccc(Cl)c(Cl)c1. The average Bonchev–Trinajstić information content (AvgIpc) is 2.31. The van der Waals surface area contributed by atoms with Crippen LogP contribution in [0.3, 0.4) is 0 Å². The molecular formula is C13H17Cl2NO2. The second kappa shape index (κ2) is 6.98. The zero-order chi connectivity index (χ0) is 13.7. The maximum Gasteiger partial charge on any atom is 0.317 e. The lowest BCUT2D eigenvalue weighted by molar-refractivity contribution is -0.139. The minimum atomic E-state index is -0.824. The Morgan fingerprint density at radius 1 is 1.39 bits per heavy atom. The number of carboxylic acids is 1. The van der Waals surface area contributed by atoms with Gasteiger partial charge in [-0.25, -0.2) is 0 Å². The molecule has 1 rings (SSSR count). The molecule has 0 aliphatic heterocycles. The fourth-order valence-corrected chi connectivity index (χ4v) is 1.99. The number of carboxylic acid groups (broad SMARTS) is 1. The number of benzene rings is 1. The van der Waals surface area contributed by atoms with Gasteiger partial charge < -0.3 is 5.11 Å². The molecule has 0 saturated carbocycles. The first kappa shape index (κ1) is 15.3. The van der Waals surface area contributed by atoms with Crippen LogP contribution in [-0.4, -0.2) is 28.6 Å². The number of carbonyl (C=O) groups is 1. The van der Waals surface area contributed by atoms with Gasteiger partial charge in [-0.2, -0.15) is 0 Å². The van der Waals surface area contributed by atoms with Gasteiger partial charge in [-0.1, -0.05) is 36.2 Å². The molecule has 0 aliphatic carbocycles. The molecule has 0 aromatic heterocycles. The van der Waals surface area contributed by atoms with Crippen molar-refractivity contribution in [3.63, 3.8) is 0 Å². The second-order valence-electron chi connectivity index (χ2n) is 4.30. The quantitative estimate of drug-likeness (QED) is 0.868. The lowest BCUT2D eigenvalue weighted by Gasteiger charge is -2.26. The maximum atomic E-state index is 10.9. The molecule has 1 unspecified atom stereocenters. The summed E-state index contributed by atoms with van der Waals surface area (Å²) in [4.78, 5) is 12.8. The lowest BCUT2D eigenvalue weighted by Crippen LogP contribution is -2.36. The summed E-state index contributed by atoms with van der Waals surface area (Å²) in [6.45, 7) is 4.63. The summed E-state index contributed by atoms with van der Waals surface area (Å²) in [6, 6.07) is 5.58. The van der Waals surface area contributed by atoms with Crippen molar-refractivity contribution >= 4 is 29.2 Å². The number of halogens is 2. The first-order valence-electron chi connectivity index (χ1n) is 5.83. The van der Waals surface area contributed by atoms with Crippen molar-refractivity contribution in [2.45, 2.75) is 32.9 Å². The van der Waals surface area contributed by atoms with Crippen molar-refractivity contribution in [2.24, 2.45) is 0 Å². The molecule has 0 heterocycles. The smallest absolute Gasteiger partial charge is 0.317 e. The number of aliphatic carboxylic acids is 1. The zero-order valence-electron chi connectivity index (χ0n) is 10.5. The van der Waals surface area contributed by atoms with Crippen LogP contribution in [0, 0.1) is 0 Å². The van der Waals surface area contributed by atoms with Gasteiger partial charge in [0.15, 0.2) is 0 Å². The van der Waals surface area contributed by atoms with Gasteiger partial charge in [0.1, 0.15) is 0 Å². The largest absolute Gasteiger partial charge is 0.480 e. The minimum absolute atomic E-state index is 0.0231. The van der Waals surface area contributed by atoms with Gasteiger partial charge >= 0.3 is 5.97 Å². The van der Waals surface area contributed by atoms with Gasteiger partial charge in [0.05, 0.1) is 16.6 Å². The fourth-order valence-electron chi connectivity index (χ4n) is 1.67. The molecule has 0 amide bonds. The first-order valence-corrected chi connectivity index (χ1v) is 6.59. The first-order chi connectivity index (χ1) is 8.43. The van der Waals surface area contributed by atoms with E-state index in [1.165, 1.54) is 0 Å². The van der Waals surface area contributed by atoms with E-state index in [-0.39, 0.29) is 12.6 Å². The van der Waals surface area contributed by atoms with E-state index in [1.54, 1.807) is 12.1 Å². The Hall–Kier alpha value is -0.770. The zero-order valence-corrected chi connectivity index (χ0v) is 12.0. The summed E-state index contributed by atoms with van der Waals surface area (Å²) in [5, 5.41) is 9.92. The summed E-state index contributed by atoms with van der Waals surface area (Å²) >= 11 is 11.8. The summed E-state index contributed by atoms with van der Waals surface area (Å²) in [5.74, 6) is -0.824. The van der Waals surface area contributed by atoms with Gasteiger partial charge in [-0.15, -0.1) is 0 Å². The Balaban J connectivity index is 2.81. The molecule has 0 bridgehead atoms. The number of hydrogen-bond acceptors (Lipinski definition) is 2. The Morgan fingerprint density at radius 3 is 2.56 bits per heavy atom. The van der Waals surface area contributed by atoms with E-state index in [0.717, 1.165) is 12.0 Å². The Bertz CT molecular complexity index is 423. The van der Waals surface area contributed by atoms with Crippen molar-refractivity contribution in [2.75, 3.05) is 6.54 Å². The fraction of sp³-hybridized carbons (Fsp3) is 0.462. The van der Waals surface area contributed by atoms with Crippen LogP contribution in [0.1, 0.15) is 25.8 Å². The van der Waals surface area contributed by atoms with Crippen LogP contribution in [0.4, 0.5) is 0 Å². The number of hydrogen-bond donors (Lipinski definition) is 1. The average molecular weight is 290 g/mol. The van der Waals surface area contributed by atoms with Crippen molar-refractivity contribution in [1.29, 1.82) is 0 Å². The molecule has 1 aromatic rings. The van der Waals surface area contributed by atoms with Gasteiger partial charge in [0.2, 0.25) is 0 Å². The summed E-state index contributed by atoms with van der Waals surface area (Å²) in [7, 11) is 0. The highest BCUT2D eigenvalue weighted by Crippen LogP contribution is 2.23. The van der Waals surface area contributed by atoms with E-state index in [1.807, 2.05) is 24.8 Å². The Labute approximate surface area is 117 Å². The molecule has 18 heavy (non-hydrogen) atoms. The predicted molar refractivity (Wildman–Crippen MR) is 74.3 cm³/mol. The van der Waals surface area contributed by atoms with Crippen molar-refractivity contribution in [3.05, 3.63) is 33.8 Å². The molecule has 0 fully saturated rings. The van der Waals surface area contributed by atoms with Crippen LogP contribution in [-0.2, 0) is 11.3 Å². The van der Waals surface area contributed by atoms with Gasteiger partial charge in [-0.05, 0) is 31.0 Å². The van der Waals surface area contributed by atoms with E-state index < -0.39 is 5.97 Å². The summed E-state index contributed by atoms with van der Waals surface area (Å²) < 4.78 is 0. The van der Waals surface area contributed by atoms with Crippen LogP contribution in [0.2, 0.25) is 10.0 Å². The molecule has 0 spiro atoms. The predicted octanol–water partition coefficient (Wildman–Crippen LogP) is 3.68. The van der Waals surface area contributed by atoms with Gasteiger partial charge in [-0.3, -0.25) is 9.69 Å². The number of nitrogens with zero attached hydrogens (tertiary/aromatic N) is 1. The standard InChI is InChI=1S/C13H17Cl2NO2/c1-3-9(2)16(8-13(17)18)7-10-4-5-11(14)12(15)6-10/h4-6,9H,3,7-8H2,1-2H3,(H,17,18). The van der Waals surface area contributed by atoms with Crippen molar-refractivity contribution in [1.82, 2.24) is 4.90 Å². The molecular weight excluding hydrogens is 273 g/mol. The van der Waals surface area contributed by atoms with Crippen LogP contribution in [0.15, 0.2) is 18.2 Å². The molecule has 0 saturated heterocycles. The van der Waals surface area contributed by atoms with Crippen LogP contribution < -0.4 is 0 Å². The molecule has 0 aliphatic rings. The van der Waals surface area contributed by atoms with Crippen LogP contribution >= 0.6 is 23.2 Å². The molecule has 100 valence electrons. The summed E-state index contributed by atoms with van der Waals surface area (Å²) in [6.07, 6.45) is 0.897. The third kappa shape index (κ3) is 4.48. The molecule has 5 heteroatoms. The van der Waals surface area contributed by atoms with Gasteiger partial charge in [0, 0.05) is 12.6 Å². The van der Waals surface area contributed by atoms with E-state index in [0.29, 0.717) is 16.6 Å². The Morgan fingerprint density at radius 2 is 2.06 bits per heavy atom. The third-order valence-electron chi connectivity index (χ3n) is 2.92. The van der Waals surface area contributed by atoms with Crippen LogP contribution in [0.5, 0.6) is 0 Å². The minimum Gasteiger partial charge on any atom is -0.480 e. The van der Waals surface area contributed by atoms with Crippen molar-refractivity contribution < 1.29 is 9.90 Å². The monoisotopic (exact) mass is 289 g/mol.